The van der Waals surface area contributed by atoms with E-state index in [4.69, 9.17) is 16.3 Å². The molecule has 2 aliphatic rings. The predicted octanol–water partition coefficient (Wildman–Crippen LogP) is -0.868. The van der Waals surface area contributed by atoms with Gasteiger partial charge >= 0.3 is 0 Å². The summed E-state index contributed by atoms with van der Waals surface area (Å²) in [6, 6.07) is -0.366. The maximum absolute atomic E-state index is 10.0. The number of imidazole rings is 1. The van der Waals surface area contributed by atoms with Crippen molar-refractivity contribution in [3.05, 3.63) is 17.8 Å². The van der Waals surface area contributed by atoms with Crippen molar-refractivity contribution < 1.29 is 20.1 Å². The van der Waals surface area contributed by atoms with E-state index < -0.39 is 24.4 Å². The molecular weight excluding hydrogens is 300 g/mol. The van der Waals surface area contributed by atoms with Crippen LogP contribution in [-0.2, 0) is 4.74 Å². The van der Waals surface area contributed by atoms with Crippen LogP contribution in [0.1, 0.15) is 6.04 Å². The molecule has 2 bridgehead atoms. The Morgan fingerprint density at radius 1 is 1.19 bits per heavy atom. The molecule has 2 aromatic rings. The first-order chi connectivity index (χ1) is 10.1. The lowest BCUT2D eigenvalue weighted by atomic mass is 9.81. The second kappa shape index (κ2) is 4.59. The number of ether oxygens (including phenoxy) is 1. The zero-order valence-electron chi connectivity index (χ0n) is 10.7. The minimum atomic E-state index is -1.00. The minimum absolute atomic E-state index is 0.173. The predicted molar refractivity (Wildman–Crippen MR) is 70.6 cm³/mol. The van der Waals surface area contributed by atoms with E-state index in [-0.39, 0.29) is 23.7 Å². The minimum Gasteiger partial charge on any atom is -0.396 e. The van der Waals surface area contributed by atoms with Gasteiger partial charge < -0.3 is 24.6 Å². The highest BCUT2D eigenvalue weighted by Gasteiger charge is 2.59. The van der Waals surface area contributed by atoms with Gasteiger partial charge in [-0.2, -0.15) is 0 Å². The van der Waals surface area contributed by atoms with Gasteiger partial charge in [0.1, 0.15) is 30.2 Å². The smallest absolute Gasteiger partial charge is 0.165 e. The van der Waals surface area contributed by atoms with Crippen molar-refractivity contribution in [2.75, 3.05) is 6.61 Å². The van der Waals surface area contributed by atoms with Crippen molar-refractivity contribution in [1.29, 1.82) is 0 Å². The third-order valence-electron chi connectivity index (χ3n) is 4.38. The standard InChI is InChI=1S/C12H13ClN4O4/c13-11-5-12(15-2-14-11)17(3-16-5)6-4(1-18)9-7(19)8(20)10(6)21-9/h2-4,6-10,18-20H,1H2/t4-,6+,7-,8-,9+,10-/m1/s1. The van der Waals surface area contributed by atoms with E-state index in [1.54, 1.807) is 10.9 Å². The number of nitrogens with zero attached hydrogens (tertiary/aromatic N) is 4. The number of fused-ring (bicyclic) bond motifs is 3. The number of hydrogen-bond donors (Lipinski definition) is 3. The highest BCUT2D eigenvalue weighted by atomic mass is 35.5. The molecule has 2 saturated heterocycles. The molecule has 2 fully saturated rings. The van der Waals surface area contributed by atoms with Gasteiger partial charge in [-0.15, -0.1) is 0 Å². The van der Waals surface area contributed by atoms with Crippen molar-refractivity contribution in [3.8, 4) is 0 Å². The van der Waals surface area contributed by atoms with Crippen LogP contribution in [-0.4, -0.2) is 65.9 Å². The first-order valence-electron chi connectivity index (χ1n) is 6.59. The monoisotopic (exact) mass is 312 g/mol. The fourth-order valence-electron chi connectivity index (χ4n) is 3.42. The summed E-state index contributed by atoms with van der Waals surface area (Å²) in [5.74, 6) is -0.348. The lowest BCUT2D eigenvalue weighted by molar-refractivity contribution is -0.0282. The van der Waals surface area contributed by atoms with E-state index in [9.17, 15) is 15.3 Å². The van der Waals surface area contributed by atoms with Crippen LogP contribution in [0, 0.1) is 5.92 Å². The summed E-state index contributed by atoms with van der Waals surface area (Å²) < 4.78 is 7.36. The van der Waals surface area contributed by atoms with Crippen LogP contribution in [0.3, 0.4) is 0 Å². The summed E-state index contributed by atoms with van der Waals surface area (Å²) in [6.07, 6.45) is -0.338. The summed E-state index contributed by atoms with van der Waals surface area (Å²) in [5.41, 5.74) is 0.963. The van der Waals surface area contributed by atoms with Gasteiger partial charge in [-0.3, -0.25) is 0 Å². The number of halogens is 1. The molecule has 0 aromatic carbocycles. The Kier molecular flexibility index (Phi) is 2.92. The zero-order valence-corrected chi connectivity index (χ0v) is 11.5. The van der Waals surface area contributed by atoms with Crippen LogP contribution in [0.5, 0.6) is 0 Å². The van der Waals surface area contributed by atoms with Crippen LogP contribution in [0.2, 0.25) is 5.15 Å². The quantitative estimate of drug-likeness (QED) is 0.618. The molecule has 0 amide bonds. The number of aliphatic hydroxyl groups excluding tert-OH is 3. The molecule has 0 spiro atoms. The molecule has 8 nitrogen and oxygen atoms in total. The van der Waals surface area contributed by atoms with Crippen molar-refractivity contribution in [2.24, 2.45) is 5.92 Å². The Balaban J connectivity index is 1.83. The Morgan fingerprint density at radius 2 is 1.95 bits per heavy atom. The third-order valence-corrected chi connectivity index (χ3v) is 4.66. The molecule has 0 aliphatic carbocycles. The number of aliphatic hydroxyl groups is 3. The molecule has 0 unspecified atom stereocenters. The normalized spacial score (nSPS) is 38.5. The highest BCUT2D eigenvalue weighted by molar-refractivity contribution is 6.33. The van der Waals surface area contributed by atoms with Gasteiger partial charge in [-0.1, -0.05) is 11.6 Å². The van der Waals surface area contributed by atoms with Crippen molar-refractivity contribution >= 4 is 22.8 Å². The SMILES string of the molecule is OC[C@H]1[C@@H]2O[C@@H]([C@H](O)[C@H]2O)[C@H]1n1cnc2c(Cl)ncnc21. The van der Waals surface area contributed by atoms with Gasteiger partial charge in [0.2, 0.25) is 0 Å². The van der Waals surface area contributed by atoms with E-state index in [0.29, 0.717) is 11.2 Å². The first kappa shape index (κ1) is 13.4. The van der Waals surface area contributed by atoms with Gasteiger partial charge in [0, 0.05) is 5.92 Å². The Labute approximate surface area is 124 Å². The molecule has 0 saturated carbocycles. The first-order valence-corrected chi connectivity index (χ1v) is 6.96. The van der Waals surface area contributed by atoms with Crippen LogP contribution >= 0.6 is 11.6 Å². The van der Waals surface area contributed by atoms with Crippen LogP contribution in [0.4, 0.5) is 0 Å². The van der Waals surface area contributed by atoms with E-state index in [0.717, 1.165) is 0 Å². The molecule has 21 heavy (non-hydrogen) atoms. The topological polar surface area (TPSA) is 114 Å². The molecule has 4 heterocycles. The molecule has 3 N–H and O–H groups in total. The van der Waals surface area contributed by atoms with Crippen molar-refractivity contribution in [1.82, 2.24) is 19.5 Å². The summed E-state index contributed by atoms with van der Waals surface area (Å²) in [6.45, 7) is -0.173. The molecule has 6 atom stereocenters. The summed E-state index contributed by atoms with van der Waals surface area (Å²) in [7, 11) is 0. The van der Waals surface area contributed by atoms with Gasteiger partial charge in [0.05, 0.1) is 25.1 Å². The Hall–Kier alpha value is -1.32. The van der Waals surface area contributed by atoms with Crippen LogP contribution in [0.25, 0.3) is 11.2 Å². The van der Waals surface area contributed by atoms with Crippen molar-refractivity contribution in [3.63, 3.8) is 0 Å². The number of aromatic nitrogens is 4. The Morgan fingerprint density at radius 3 is 2.71 bits per heavy atom. The Bertz CT molecular complexity index is 693. The number of hydrogen-bond acceptors (Lipinski definition) is 7. The fourth-order valence-corrected chi connectivity index (χ4v) is 3.60. The van der Waals surface area contributed by atoms with Gasteiger partial charge in [-0.25, -0.2) is 15.0 Å². The third kappa shape index (κ3) is 1.68. The average molecular weight is 313 g/mol. The maximum atomic E-state index is 10.0. The van der Waals surface area contributed by atoms with E-state index in [1.165, 1.54) is 6.33 Å². The van der Waals surface area contributed by atoms with Gasteiger partial charge in [0.25, 0.3) is 0 Å². The lowest BCUT2D eigenvalue weighted by Gasteiger charge is -2.33. The average Bonchev–Trinajstić information content (AvgIpc) is 3.13. The number of rotatable bonds is 2. The summed E-state index contributed by atoms with van der Waals surface area (Å²) in [5, 5.41) is 29.8. The van der Waals surface area contributed by atoms with Gasteiger partial charge in [0.15, 0.2) is 10.8 Å². The molecule has 2 aromatic heterocycles. The zero-order chi connectivity index (χ0) is 14.7. The summed E-state index contributed by atoms with van der Waals surface area (Å²) in [4.78, 5) is 12.2. The van der Waals surface area contributed by atoms with E-state index >= 15 is 0 Å². The second-order valence-corrected chi connectivity index (χ2v) is 5.73. The molecule has 2 aliphatic heterocycles. The molecule has 112 valence electrons. The van der Waals surface area contributed by atoms with E-state index in [2.05, 4.69) is 15.0 Å². The largest absolute Gasteiger partial charge is 0.396 e. The lowest BCUT2D eigenvalue weighted by Crippen LogP contribution is -2.48. The van der Waals surface area contributed by atoms with Crippen molar-refractivity contribution in [2.45, 2.75) is 30.5 Å². The van der Waals surface area contributed by atoms with Gasteiger partial charge in [-0.05, 0) is 0 Å². The van der Waals surface area contributed by atoms with E-state index in [1.807, 2.05) is 0 Å². The molecule has 0 radical (unpaired) electrons. The van der Waals surface area contributed by atoms with Crippen LogP contribution < -0.4 is 0 Å². The molecule has 4 rings (SSSR count). The maximum Gasteiger partial charge on any atom is 0.165 e. The highest BCUT2D eigenvalue weighted by Crippen LogP contribution is 2.47. The molecular formula is C12H13ClN4O4. The fraction of sp³-hybridized carbons (Fsp3) is 0.583. The second-order valence-electron chi connectivity index (χ2n) is 5.37. The summed E-state index contributed by atoms with van der Waals surface area (Å²) >= 11 is 5.98. The molecule has 9 heteroatoms. The van der Waals surface area contributed by atoms with Crippen LogP contribution in [0.15, 0.2) is 12.7 Å².